The molecule has 0 aliphatic heterocycles. The first-order valence-electron chi connectivity index (χ1n) is 12.8. The summed E-state index contributed by atoms with van der Waals surface area (Å²) in [5.41, 5.74) is 8.05. The minimum Gasteiger partial charge on any atom is -0.489 e. The molecule has 4 saturated carbocycles. The van der Waals surface area contributed by atoms with Crippen molar-refractivity contribution in [3.8, 4) is 5.75 Å². The van der Waals surface area contributed by atoms with Gasteiger partial charge in [0.05, 0.1) is 11.2 Å². The van der Waals surface area contributed by atoms with Crippen molar-refractivity contribution in [3.05, 3.63) is 65.8 Å². The highest BCUT2D eigenvalue weighted by Crippen LogP contribution is 2.60. The predicted octanol–water partition coefficient (Wildman–Crippen LogP) is 5.53. The van der Waals surface area contributed by atoms with E-state index in [4.69, 9.17) is 24.1 Å². The van der Waals surface area contributed by atoms with Crippen LogP contribution in [0.15, 0.2) is 63.7 Å². The van der Waals surface area contributed by atoms with Gasteiger partial charge in [-0.15, -0.1) is 0 Å². The lowest BCUT2D eigenvalue weighted by Gasteiger charge is -2.55. The molecule has 2 aromatic carbocycles. The van der Waals surface area contributed by atoms with Gasteiger partial charge < -0.3 is 14.9 Å². The SMILES string of the molecule is Cc1ccc(S(=O)(=O)OC(N)/C(=C/F)COc2ccc3nc(C45CC6CC(CC(C6)C4)C5)oc3c2)cc1. The Morgan fingerprint density at radius 1 is 1.14 bits per heavy atom. The summed E-state index contributed by atoms with van der Waals surface area (Å²) in [6, 6.07) is 11.4. The number of nitrogens with zero attached hydrogens (tertiary/aromatic N) is 1. The third-order valence-corrected chi connectivity index (χ3v) is 9.61. The van der Waals surface area contributed by atoms with Crippen LogP contribution in [-0.4, -0.2) is 26.2 Å². The van der Waals surface area contributed by atoms with Crippen molar-refractivity contribution in [2.24, 2.45) is 23.5 Å². The zero-order chi connectivity index (χ0) is 25.8. The second kappa shape index (κ2) is 9.22. The van der Waals surface area contributed by atoms with Gasteiger partial charge in [-0.05, 0) is 87.5 Å². The Balaban J connectivity index is 1.14. The maximum absolute atomic E-state index is 13.6. The summed E-state index contributed by atoms with van der Waals surface area (Å²) in [5.74, 6) is 3.63. The minimum absolute atomic E-state index is 0.0476. The fraction of sp³-hybridized carbons (Fsp3) is 0.464. The normalized spacial score (nSPS) is 28.1. The Kier molecular flexibility index (Phi) is 6.12. The summed E-state index contributed by atoms with van der Waals surface area (Å²) in [4.78, 5) is 4.80. The zero-order valence-corrected chi connectivity index (χ0v) is 21.5. The first kappa shape index (κ1) is 24.6. The molecular formula is C28H31FN2O5S. The van der Waals surface area contributed by atoms with E-state index in [1.54, 1.807) is 24.3 Å². The molecule has 4 aliphatic rings. The summed E-state index contributed by atoms with van der Waals surface area (Å²) in [5, 5.41) is 0. The van der Waals surface area contributed by atoms with E-state index in [1.165, 1.54) is 31.4 Å². The van der Waals surface area contributed by atoms with E-state index in [2.05, 4.69) is 0 Å². The fourth-order valence-corrected chi connectivity index (χ4v) is 7.87. The number of hydrogen-bond donors (Lipinski definition) is 1. The molecule has 1 heterocycles. The van der Waals surface area contributed by atoms with Crippen molar-refractivity contribution >= 4 is 21.2 Å². The molecular weight excluding hydrogens is 495 g/mol. The van der Waals surface area contributed by atoms with Crippen LogP contribution >= 0.6 is 0 Å². The molecule has 4 fully saturated rings. The number of aryl methyl sites for hydroxylation is 1. The molecule has 4 aliphatic carbocycles. The molecule has 0 saturated heterocycles. The molecule has 37 heavy (non-hydrogen) atoms. The zero-order valence-electron chi connectivity index (χ0n) is 20.7. The fourth-order valence-electron chi connectivity index (χ4n) is 6.90. The standard InChI is InChI=1S/C28H31FN2O5S/c1-17-2-5-23(6-3-17)37(32,33)36-26(30)21(15-29)16-34-22-4-7-24-25(11-22)35-27(31-24)28-12-18-8-19(13-28)10-20(9-18)14-28/h2-7,11,15,18-20,26H,8-10,12-14,16,30H2,1H3/b21-15+. The molecule has 0 radical (unpaired) electrons. The summed E-state index contributed by atoms with van der Waals surface area (Å²) in [6.45, 7) is 1.55. The average Bonchev–Trinajstić information content (AvgIpc) is 3.28. The van der Waals surface area contributed by atoms with Crippen LogP contribution in [-0.2, 0) is 19.7 Å². The van der Waals surface area contributed by atoms with Gasteiger partial charge in [0.25, 0.3) is 10.1 Å². The highest BCUT2D eigenvalue weighted by molar-refractivity contribution is 7.86. The second-order valence-electron chi connectivity index (χ2n) is 11.1. The third kappa shape index (κ3) is 4.69. The van der Waals surface area contributed by atoms with Gasteiger partial charge in [0.1, 0.15) is 17.9 Å². The molecule has 3 aromatic rings. The van der Waals surface area contributed by atoms with E-state index in [0.29, 0.717) is 11.3 Å². The first-order chi connectivity index (χ1) is 17.7. The van der Waals surface area contributed by atoms with Gasteiger partial charge in [0.15, 0.2) is 11.8 Å². The lowest BCUT2D eigenvalue weighted by atomic mass is 9.49. The minimum atomic E-state index is -4.17. The monoisotopic (exact) mass is 526 g/mol. The van der Waals surface area contributed by atoms with Crippen molar-refractivity contribution in [1.29, 1.82) is 0 Å². The highest BCUT2D eigenvalue weighted by Gasteiger charge is 2.54. The summed E-state index contributed by atoms with van der Waals surface area (Å²) >= 11 is 0. The Labute approximate surface area is 216 Å². The number of benzene rings is 2. The molecule has 0 spiro atoms. The number of oxazole rings is 1. The van der Waals surface area contributed by atoms with E-state index < -0.39 is 16.3 Å². The Hall–Kier alpha value is -2.75. The third-order valence-electron chi connectivity index (χ3n) is 8.30. The molecule has 1 aromatic heterocycles. The average molecular weight is 527 g/mol. The van der Waals surface area contributed by atoms with E-state index in [-0.39, 0.29) is 28.8 Å². The van der Waals surface area contributed by atoms with Crippen molar-refractivity contribution in [2.75, 3.05) is 6.61 Å². The summed E-state index contributed by atoms with van der Waals surface area (Å²) in [6.07, 6.45) is 6.19. The van der Waals surface area contributed by atoms with Crippen LogP contribution in [0.25, 0.3) is 11.1 Å². The molecule has 0 amide bonds. The van der Waals surface area contributed by atoms with Gasteiger partial charge >= 0.3 is 0 Å². The Morgan fingerprint density at radius 2 is 1.78 bits per heavy atom. The van der Waals surface area contributed by atoms with E-state index in [0.717, 1.165) is 54.0 Å². The van der Waals surface area contributed by atoms with Crippen molar-refractivity contribution < 1.29 is 26.1 Å². The maximum atomic E-state index is 13.6. The molecule has 4 bridgehead atoms. The van der Waals surface area contributed by atoms with Gasteiger partial charge in [0.2, 0.25) is 5.89 Å². The molecule has 196 valence electrons. The van der Waals surface area contributed by atoms with Crippen LogP contribution in [0.4, 0.5) is 4.39 Å². The molecule has 7 rings (SSSR count). The van der Waals surface area contributed by atoms with Crippen molar-refractivity contribution in [1.82, 2.24) is 4.98 Å². The number of aromatic nitrogens is 1. The van der Waals surface area contributed by atoms with Crippen LogP contribution in [0, 0.1) is 24.7 Å². The van der Waals surface area contributed by atoms with Gasteiger partial charge in [-0.2, -0.15) is 8.42 Å². The highest BCUT2D eigenvalue weighted by atomic mass is 32.2. The molecule has 1 atom stereocenters. The molecule has 9 heteroatoms. The lowest BCUT2D eigenvalue weighted by Crippen LogP contribution is -2.48. The Morgan fingerprint density at radius 3 is 2.41 bits per heavy atom. The number of fused-ring (bicyclic) bond motifs is 1. The smallest absolute Gasteiger partial charge is 0.298 e. The van der Waals surface area contributed by atoms with Gasteiger partial charge in [-0.3, -0.25) is 0 Å². The van der Waals surface area contributed by atoms with Crippen LogP contribution in [0.3, 0.4) is 0 Å². The van der Waals surface area contributed by atoms with Crippen LogP contribution in [0.5, 0.6) is 5.75 Å². The summed E-state index contributed by atoms with van der Waals surface area (Å²) < 4.78 is 55.7. The largest absolute Gasteiger partial charge is 0.489 e. The van der Waals surface area contributed by atoms with Crippen LogP contribution in [0.2, 0.25) is 0 Å². The van der Waals surface area contributed by atoms with Crippen LogP contribution in [0.1, 0.15) is 50.0 Å². The first-order valence-corrected chi connectivity index (χ1v) is 14.2. The van der Waals surface area contributed by atoms with E-state index in [1.807, 2.05) is 13.0 Å². The van der Waals surface area contributed by atoms with Gasteiger partial charge in [-0.25, -0.2) is 13.6 Å². The molecule has 7 nitrogen and oxygen atoms in total. The maximum Gasteiger partial charge on any atom is 0.298 e. The number of ether oxygens (including phenoxy) is 1. The van der Waals surface area contributed by atoms with Crippen molar-refractivity contribution in [3.63, 3.8) is 0 Å². The number of halogens is 1. The number of nitrogens with two attached hydrogens (primary N) is 1. The van der Waals surface area contributed by atoms with E-state index in [9.17, 15) is 12.8 Å². The number of rotatable bonds is 8. The predicted molar refractivity (Wildman–Crippen MR) is 136 cm³/mol. The molecule has 2 N–H and O–H groups in total. The van der Waals surface area contributed by atoms with Crippen molar-refractivity contribution in [2.45, 2.75) is 62.0 Å². The summed E-state index contributed by atoms with van der Waals surface area (Å²) in [7, 11) is -4.17. The van der Waals surface area contributed by atoms with Crippen LogP contribution < -0.4 is 10.5 Å². The second-order valence-corrected chi connectivity index (χ2v) is 12.7. The lowest BCUT2D eigenvalue weighted by molar-refractivity contribution is -0.0170. The number of hydrogen-bond acceptors (Lipinski definition) is 7. The quantitative estimate of drug-likeness (QED) is 0.304. The van der Waals surface area contributed by atoms with Gasteiger partial charge in [0, 0.05) is 17.1 Å². The molecule has 1 unspecified atom stereocenters. The Bertz CT molecular complexity index is 1410. The van der Waals surface area contributed by atoms with E-state index >= 15 is 0 Å². The topological polar surface area (TPSA) is 105 Å². The van der Waals surface area contributed by atoms with Gasteiger partial charge in [-0.1, -0.05) is 17.7 Å².